The molecule has 6 heteroatoms. The summed E-state index contributed by atoms with van der Waals surface area (Å²) in [7, 11) is 5.70. The van der Waals surface area contributed by atoms with Gasteiger partial charge in [0.1, 0.15) is 24.4 Å². The van der Waals surface area contributed by atoms with E-state index in [0.29, 0.717) is 6.29 Å². The second-order valence-electron chi connectivity index (χ2n) is 3.26. The normalized spacial score (nSPS) is 18.8. The van der Waals surface area contributed by atoms with Gasteiger partial charge in [0.25, 0.3) is 0 Å². The predicted molar refractivity (Wildman–Crippen MR) is 56.3 cm³/mol. The molecule has 0 rings (SSSR count). The number of hydrogen-bond acceptors (Lipinski definition) is 6. The van der Waals surface area contributed by atoms with E-state index in [4.69, 9.17) is 18.9 Å². The van der Waals surface area contributed by atoms with Crippen molar-refractivity contribution in [2.75, 3.05) is 35.0 Å². The van der Waals surface area contributed by atoms with Gasteiger partial charge in [0.15, 0.2) is 6.29 Å². The summed E-state index contributed by atoms with van der Waals surface area (Å²) in [6.07, 6.45) is -2.45. The highest BCUT2D eigenvalue weighted by molar-refractivity contribution is 5.57. The van der Waals surface area contributed by atoms with Gasteiger partial charge in [-0.2, -0.15) is 0 Å². The molecule has 0 aliphatic carbocycles. The lowest BCUT2D eigenvalue weighted by Gasteiger charge is -2.31. The number of aliphatic hydroxyl groups is 1. The van der Waals surface area contributed by atoms with E-state index in [-0.39, 0.29) is 6.61 Å². The topological polar surface area (TPSA) is 74.2 Å². The molecule has 0 radical (unpaired) electrons. The van der Waals surface area contributed by atoms with E-state index in [9.17, 15) is 9.90 Å². The molecule has 0 aliphatic rings. The van der Waals surface area contributed by atoms with E-state index in [1.54, 1.807) is 0 Å². The second-order valence-corrected chi connectivity index (χ2v) is 3.26. The van der Waals surface area contributed by atoms with E-state index < -0.39 is 24.4 Å². The summed E-state index contributed by atoms with van der Waals surface area (Å²) in [6, 6.07) is 0. The van der Waals surface area contributed by atoms with Crippen LogP contribution in [-0.4, -0.2) is 70.9 Å². The Labute approximate surface area is 95.4 Å². The third-order valence-corrected chi connectivity index (χ3v) is 2.31. The molecule has 0 aromatic rings. The molecular formula is C10H20O6. The van der Waals surface area contributed by atoms with Crippen LogP contribution in [0.5, 0.6) is 0 Å². The summed E-state index contributed by atoms with van der Waals surface area (Å²) < 4.78 is 20.0. The first-order chi connectivity index (χ1) is 7.65. The molecule has 0 saturated carbocycles. The second kappa shape index (κ2) is 8.60. The van der Waals surface area contributed by atoms with E-state index >= 15 is 0 Å². The smallest absolute Gasteiger partial charge is 0.151 e. The van der Waals surface area contributed by atoms with Crippen LogP contribution in [0.25, 0.3) is 0 Å². The Morgan fingerprint density at radius 3 is 1.94 bits per heavy atom. The number of carbonyl (C=O) groups excluding carboxylic acids is 1. The molecule has 0 amide bonds. The zero-order chi connectivity index (χ0) is 12.6. The van der Waals surface area contributed by atoms with Gasteiger partial charge in [0, 0.05) is 28.4 Å². The summed E-state index contributed by atoms with van der Waals surface area (Å²) in [6.45, 7) is 0.0909. The molecule has 0 aliphatic heterocycles. The van der Waals surface area contributed by atoms with Crippen molar-refractivity contribution >= 4 is 6.29 Å². The monoisotopic (exact) mass is 236 g/mol. The van der Waals surface area contributed by atoms with Gasteiger partial charge in [-0.05, 0) is 0 Å². The van der Waals surface area contributed by atoms with Crippen molar-refractivity contribution in [2.45, 2.75) is 24.4 Å². The maximum absolute atomic E-state index is 10.8. The average molecular weight is 236 g/mol. The van der Waals surface area contributed by atoms with Gasteiger partial charge in [0.2, 0.25) is 0 Å². The maximum atomic E-state index is 10.8. The number of methoxy groups -OCH3 is 4. The molecule has 4 atom stereocenters. The van der Waals surface area contributed by atoms with Gasteiger partial charge in [-0.25, -0.2) is 0 Å². The van der Waals surface area contributed by atoms with Gasteiger partial charge in [-0.3, -0.25) is 0 Å². The zero-order valence-corrected chi connectivity index (χ0v) is 10.1. The fourth-order valence-corrected chi connectivity index (χ4v) is 1.50. The SMILES string of the molecule is COC[C@@H](O)[C@@H](OC)[C@H](OC)[C@H](C=O)OC. The lowest BCUT2D eigenvalue weighted by atomic mass is 10.0. The Morgan fingerprint density at radius 2 is 1.62 bits per heavy atom. The molecule has 0 aromatic carbocycles. The van der Waals surface area contributed by atoms with Gasteiger partial charge < -0.3 is 28.8 Å². The Hall–Kier alpha value is -0.530. The van der Waals surface area contributed by atoms with E-state index in [0.717, 1.165) is 0 Å². The largest absolute Gasteiger partial charge is 0.388 e. The highest BCUT2D eigenvalue weighted by Gasteiger charge is 2.34. The van der Waals surface area contributed by atoms with Crippen LogP contribution in [0.15, 0.2) is 0 Å². The Balaban J connectivity index is 4.65. The lowest BCUT2D eigenvalue weighted by Crippen LogP contribution is -2.49. The summed E-state index contributed by atoms with van der Waals surface area (Å²) >= 11 is 0. The number of hydrogen-bond donors (Lipinski definition) is 1. The lowest BCUT2D eigenvalue weighted by molar-refractivity contribution is -0.156. The highest BCUT2D eigenvalue weighted by Crippen LogP contribution is 2.13. The predicted octanol–water partition coefficient (Wildman–Crippen LogP) is -0.762. The standard InChI is InChI=1S/C10H20O6/c1-13-6-7(12)9(15-3)10(16-4)8(5-11)14-2/h5,7-10,12H,6H2,1-4H3/t7-,8+,9-,10-/m1/s1. The first-order valence-corrected chi connectivity index (χ1v) is 4.86. The quantitative estimate of drug-likeness (QED) is 0.530. The van der Waals surface area contributed by atoms with Crippen molar-refractivity contribution < 1.29 is 28.8 Å². The van der Waals surface area contributed by atoms with E-state index in [1.807, 2.05) is 0 Å². The first kappa shape index (κ1) is 15.5. The molecule has 1 N–H and O–H groups in total. The van der Waals surface area contributed by atoms with Crippen LogP contribution in [0.3, 0.4) is 0 Å². The molecule has 0 fully saturated rings. The van der Waals surface area contributed by atoms with Gasteiger partial charge in [-0.15, -0.1) is 0 Å². The third-order valence-electron chi connectivity index (χ3n) is 2.31. The minimum absolute atomic E-state index is 0.0909. The third kappa shape index (κ3) is 4.15. The van der Waals surface area contributed by atoms with Crippen molar-refractivity contribution in [1.29, 1.82) is 0 Å². The molecule has 0 bridgehead atoms. The Kier molecular flexibility index (Phi) is 8.32. The van der Waals surface area contributed by atoms with Crippen LogP contribution < -0.4 is 0 Å². The first-order valence-electron chi connectivity index (χ1n) is 4.86. The molecule has 0 spiro atoms. The molecule has 0 heterocycles. The number of rotatable bonds is 9. The molecule has 6 nitrogen and oxygen atoms in total. The van der Waals surface area contributed by atoms with Crippen LogP contribution >= 0.6 is 0 Å². The molecule has 0 unspecified atom stereocenters. The molecular weight excluding hydrogens is 216 g/mol. The van der Waals surface area contributed by atoms with E-state index in [2.05, 4.69) is 0 Å². The summed E-state index contributed by atoms with van der Waals surface area (Å²) in [4.78, 5) is 10.8. The molecule has 0 aromatic heterocycles. The number of carbonyl (C=O) groups is 1. The van der Waals surface area contributed by atoms with Crippen LogP contribution in [-0.2, 0) is 23.7 Å². The van der Waals surface area contributed by atoms with Crippen LogP contribution in [0.1, 0.15) is 0 Å². The fourth-order valence-electron chi connectivity index (χ4n) is 1.50. The molecule has 96 valence electrons. The van der Waals surface area contributed by atoms with E-state index in [1.165, 1.54) is 28.4 Å². The summed E-state index contributed by atoms with van der Waals surface area (Å²) in [5.41, 5.74) is 0. The van der Waals surface area contributed by atoms with Crippen LogP contribution in [0, 0.1) is 0 Å². The number of aliphatic hydroxyl groups excluding tert-OH is 1. The Morgan fingerprint density at radius 1 is 1.06 bits per heavy atom. The van der Waals surface area contributed by atoms with Crippen LogP contribution in [0.4, 0.5) is 0 Å². The number of ether oxygens (including phenoxy) is 4. The highest BCUT2D eigenvalue weighted by atomic mass is 16.6. The number of aldehydes is 1. The van der Waals surface area contributed by atoms with Crippen molar-refractivity contribution in [3.8, 4) is 0 Å². The summed E-state index contributed by atoms with van der Waals surface area (Å²) in [5, 5.41) is 9.75. The minimum Gasteiger partial charge on any atom is -0.388 e. The Bertz CT molecular complexity index is 186. The van der Waals surface area contributed by atoms with Crippen LogP contribution in [0.2, 0.25) is 0 Å². The van der Waals surface area contributed by atoms with Gasteiger partial charge in [-0.1, -0.05) is 0 Å². The minimum atomic E-state index is -0.891. The average Bonchev–Trinajstić information content (AvgIpc) is 2.29. The fraction of sp³-hybridized carbons (Fsp3) is 0.900. The molecule has 16 heavy (non-hydrogen) atoms. The van der Waals surface area contributed by atoms with Crippen molar-refractivity contribution in [2.24, 2.45) is 0 Å². The maximum Gasteiger partial charge on any atom is 0.151 e. The summed E-state index contributed by atoms with van der Waals surface area (Å²) in [5.74, 6) is 0. The van der Waals surface area contributed by atoms with Gasteiger partial charge >= 0.3 is 0 Å². The van der Waals surface area contributed by atoms with Crippen molar-refractivity contribution in [3.05, 3.63) is 0 Å². The van der Waals surface area contributed by atoms with Gasteiger partial charge in [0.05, 0.1) is 6.61 Å². The molecule has 0 saturated heterocycles. The van der Waals surface area contributed by atoms with Crippen molar-refractivity contribution in [3.63, 3.8) is 0 Å². The van der Waals surface area contributed by atoms with Crippen molar-refractivity contribution in [1.82, 2.24) is 0 Å². The zero-order valence-electron chi connectivity index (χ0n) is 10.1.